The summed E-state index contributed by atoms with van der Waals surface area (Å²) in [5, 5.41) is 2.38. The van der Waals surface area contributed by atoms with Crippen LogP contribution in [-0.2, 0) is 16.0 Å². The molecule has 0 bridgehead atoms. The van der Waals surface area contributed by atoms with E-state index in [0.29, 0.717) is 12.1 Å². The van der Waals surface area contributed by atoms with E-state index >= 15 is 0 Å². The molecule has 3 rings (SSSR count). The highest BCUT2D eigenvalue weighted by Crippen LogP contribution is 2.32. The van der Waals surface area contributed by atoms with Crippen LogP contribution in [-0.4, -0.2) is 11.8 Å². The van der Waals surface area contributed by atoms with Crippen LogP contribution in [0.3, 0.4) is 0 Å². The van der Waals surface area contributed by atoms with Gasteiger partial charge in [-0.05, 0) is 30.2 Å². The van der Waals surface area contributed by atoms with Crippen LogP contribution in [0, 0.1) is 5.82 Å². The number of amides is 2. The van der Waals surface area contributed by atoms with Crippen molar-refractivity contribution in [3.63, 3.8) is 0 Å². The highest BCUT2D eigenvalue weighted by molar-refractivity contribution is 6.53. The molecule has 1 N–H and O–H groups in total. The van der Waals surface area contributed by atoms with Gasteiger partial charge in [0.15, 0.2) is 0 Å². The van der Waals surface area contributed by atoms with Gasteiger partial charge in [0.25, 0.3) is 11.8 Å². The molecule has 0 saturated heterocycles. The normalized spacial score (nSPS) is 14.5. The van der Waals surface area contributed by atoms with Crippen LogP contribution in [0.2, 0.25) is 0 Å². The van der Waals surface area contributed by atoms with Crippen LogP contribution in [0.4, 0.5) is 15.8 Å². The van der Waals surface area contributed by atoms with Crippen LogP contribution in [0.25, 0.3) is 0 Å². The quantitative estimate of drug-likeness (QED) is 0.858. The molecule has 0 atom stereocenters. The zero-order valence-electron chi connectivity index (χ0n) is 12.8. The summed E-state index contributed by atoms with van der Waals surface area (Å²) in [5.74, 6) is -1.77. The fraction of sp³-hybridized carbons (Fsp3) is 0.111. The molecule has 1 aliphatic rings. The SMILES string of the molecule is CCc1ccccc1N1C(=O)C(Cl)=C(Nc2ccccc2F)C1=O. The molecule has 24 heavy (non-hydrogen) atoms. The third-order valence-electron chi connectivity index (χ3n) is 3.77. The Morgan fingerprint density at radius 1 is 1.04 bits per heavy atom. The van der Waals surface area contributed by atoms with Crippen molar-refractivity contribution in [1.29, 1.82) is 0 Å². The fourth-order valence-corrected chi connectivity index (χ4v) is 2.77. The lowest BCUT2D eigenvalue weighted by Crippen LogP contribution is -2.33. The molecule has 4 nitrogen and oxygen atoms in total. The van der Waals surface area contributed by atoms with Gasteiger partial charge in [-0.3, -0.25) is 9.59 Å². The molecule has 6 heteroatoms. The minimum absolute atomic E-state index is 0.0810. The summed E-state index contributed by atoms with van der Waals surface area (Å²) < 4.78 is 13.8. The maximum absolute atomic E-state index is 13.8. The number of hydrogen-bond donors (Lipinski definition) is 1. The van der Waals surface area contributed by atoms with E-state index in [2.05, 4.69) is 5.32 Å². The summed E-state index contributed by atoms with van der Waals surface area (Å²) in [6, 6.07) is 13.0. The molecule has 0 spiro atoms. The lowest BCUT2D eigenvalue weighted by molar-refractivity contribution is -0.120. The first-order valence-corrected chi connectivity index (χ1v) is 7.80. The van der Waals surface area contributed by atoms with Crippen molar-refractivity contribution in [1.82, 2.24) is 0 Å². The van der Waals surface area contributed by atoms with E-state index in [4.69, 9.17) is 11.6 Å². The number of hydrogen-bond acceptors (Lipinski definition) is 3. The van der Waals surface area contributed by atoms with Gasteiger partial charge in [-0.25, -0.2) is 9.29 Å². The zero-order chi connectivity index (χ0) is 17.3. The maximum Gasteiger partial charge on any atom is 0.283 e. The highest BCUT2D eigenvalue weighted by atomic mass is 35.5. The molecular formula is C18H14ClFN2O2. The standard InChI is InChI=1S/C18H14ClFN2O2/c1-2-11-7-3-6-10-14(11)22-17(23)15(19)16(18(22)24)21-13-9-5-4-8-12(13)20/h3-10,21H,2H2,1H3. The molecule has 0 saturated carbocycles. The number of imide groups is 1. The monoisotopic (exact) mass is 344 g/mol. The minimum atomic E-state index is -0.624. The molecule has 0 radical (unpaired) electrons. The molecule has 2 aromatic rings. The van der Waals surface area contributed by atoms with E-state index < -0.39 is 17.6 Å². The molecular weight excluding hydrogens is 331 g/mol. The third-order valence-corrected chi connectivity index (χ3v) is 4.12. The summed E-state index contributed by atoms with van der Waals surface area (Å²) >= 11 is 6.05. The van der Waals surface area contributed by atoms with Crippen molar-refractivity contribution in [3.05, 3.63) is 70.6 Å². The van der Waals surface area contributed by atoms with Gasteiger partial charge >= 0.3 is 0 Å². The van der Waals surface area contributed by atoms with E-state index in [1.54, 1.807) is 18.2 Å². The summed E-state index contributed by atoms with van der Waals surface area (Å²) in [5.41, 5.74) is 1.28. The summed E-state index contributed by atoms with van der Waals surface area (Å²) in [4.78, 5) is 26.2. The van der Waals surface area contributed by atoms with Crippen LogP contribution in [0.1, 0.15) is 12.5 Å². The number of para-hydroxylation sites is 2. The number of rotatable bonds is 4. The van der Waals surface area contributed by atoms with Crippen LogP contribution in [0.15, 0.2) is 59.3 Å². The van der Waals surface area contributed by atoms with Crippen molar-refractivity contribution in [2.45, 2.75) is 13.3 Å². The summed E-state index contributed by atoms with van der Waals surface area (Å²) in [7, 11) is 0. The van der Waals surface area contributed by atoms with Gasteiger partial charge in [-0.2, -0.15) is 0 Å². The summed E-state index contributed by atoms with van der Waals surface area (Å²) in [6.07, 6.45) is 0.654. The van der Waals surface area contributed by atoms with Crippen molar-refractivity contribution in [2.75, 3.05) is 10.2 Å². The third kappa shape index (κ3) is 2.67. The van der Waals surface area contributed by atoms with Crippen molar-refractivity contribution < 1.29 is 14.0 Å². The van der Waals surface area contributed by atoms with Gasteiger partial charge in [0.2, 0.25) is 0 Å². The first kappa shape index (κ1) is 16.2. The van der Waals surface area contributed by atoms with E-state index in [9.17, 15) is 14.0 Å². The topological polar surface area (TPSA) is 49.4 Å². The predicted molar refractivity (Wildman–Crippen MR) is 91.2 cm³/mol. The molecule has 0 aromatic heterocycles. The Morgan fingerprint density at radius 3 is 2.42 bits per heavy atom. The van der Waals surface area contributed by atoms with Gasteiger partial charge in [0.05, 0.1) is 11.4 Å². The Balaban J connectivity index is 1.98. The molecule has 0 unspecified atom stereocenters. The number of carbonyl (C=O) groups excluding carboxylic acids is 2. The number of carbonyl (C=O) groups is 2. The number of aryl methyl sites for hydroxylation is 1. The number of nitrogens with zero attached hydrogens (tertiary/aromatic N) is 1. The molecule has 0 aliphatic carbocycles. The van der Waals surface area contributed by atoms with Gasteiger partial charge < -0.3 is 5.32 Å². The Bertz CT molecular complexity index is 864. The largest absolute Gasteiger partial charge is 0.347 e. The minimum Gasteiger partial charge on any atom is -0.347 e. The number of nitrogens with one attached hydrogen (secondary N) is 1. The van der Waals surface area contributed by atoms with Gasteiger partial charge in [0, 0.05) is 0 Å². The number of halogens is 2. The maximum atomic E-state index is 13.8. The van der Waals surface area contributed by atoms with Crippen LogP contribution >= 0.6 is 11.6 Å². The zero-order valence-corrected chi connectivity index (χ0v) is 13.6. The van der Waals surface area contributed by atoms with Crippen molar-refractivity contribution in [3.8, 4) is 0 Å². The molecule has 0 fully saturated rings. The molecule has 2 aromatic carbocycles. The second-order valence-electron chi connectivity index (χ2n) is 5.22. The van der Waals surface area contributed by atoms with Gasteiger partial charge in [0.1, 0.15) is 16.5 Å². The van der Waals surface area contributed by atoms with E-state index in [1.807, 2.05) is 19.1 Å². The van der Waals surface area contributed by atoms with E-state index in [0.717, 1.165) is 10.5 Å². The highest BCUT2D eigenvalue weighted by Gasteiger charge is 2.39. The molecule has 1 aliphatic heterocycles. The Kier molecular flexibility index (Phi) is 4.36. The summed E-state index contributed by atoms with van der Waals surface area (Å²) in [6.45, 7) is 1.93. The Morgan fingerprint density at radius 2 is 1.71 bits per heavy atom. The lowest BCUT2D eigenvalue weighted by atomic mass is 10.1. The Hall–Kier alpha value is -2.66. The second kappa shape index (κ2) is 6.45. The van der Waals surface area contributed by atoms with Crippen molar-refractivity contribution >= 4 is 34.8 Å². The number of anilines is 2. The average molecular weight is 345 g/mol. The van der Waals surface area contributed by atoms with Crippen LogP contribution in [0.5, 0.6) is 0 Å². The van der Waals surface area contributed by atoms with Crippen LogP contribution < -0.4 is 10.2 Å². The van der Waals surface area contributed by atoms with E-state index in [-0.39, 0.29) is 16.4 Å². The average Bonchev–Trinajstić information content (AvgIpc) is 2.80. The number of benzene rings is 2. The molecule has 1 heterocycles. The lowest BCUT2D eigenvalue weighted by Gasteiger charge is -2.18. The predicted octanol–water partition coefficient (Wildman–Crippen LogP) is 3.82. The van der Waals surface area contributed by atoms with Gasteiger partial charge in [-0.1, -0.05) is 48.9 Å². The molecule has 2 amide bonds. The van der Waals surface area contributed by atoms with E-state index in [1.165, 1.54) is 18.2 Å². The van der Waals surface area contributed by atoms with Gasteiger partial charge in [-0.15, -0.1) is 0 Å². The second-order valence-corrected chi connectivity index (χ2v) is 5.60. The first-order valence-electron chi connectivity index (χ1n) is 7.42. The van der Waals surface area contributed by atoms with Crippen molar-refractivity contribution in [2.24, 2.45) is 0 Å². The Labute approximate surface area is 143 Å². The fourth-order valence-electron chi connectivity index (χ4n) is 2.56. The molecule has 122 valence electrons. The smallest absolute Gasteiger partial charge is 0.283 e. The first-order chi connectivity index (χ1) is 11.5.